The first-order valence-corrected chi connectivity index (χ1v) is 14.2. The molecule has 1 aliphatic rings. The minimum Gasteiger partial charge on any atom is -0.382 e. The molecule has 3 heterocycles. The van der Waals surface area contributed by atoms with Crippen LogP contribution in [0.15, 0.2) is 4.99 Å². The highest BCUT2D eigenvalue weighted by Gasteiger charge is 2.43. The third-order valence-electron chi connectivity index (χ3n) is 6.38. The van der Waals surface area contributed by atoms with E-state index in [1.54, 1.807) is 7.11 Å². The number of hydrogen-bond donors (Lipinski definition) is 1. The Morgan fingerprint density at radius 1 is 1.14 bits per heavy atom. The number of methoxy groups -OCH3 is 1. The molecule has 0 bridgehead atoms. The number of aromatic nitrogens is 1. The summed E-state index contributed by atoms with van der Waals surface area (Å²) in [5.41, 5.74) is 1.75. The van der Waals surface area contributed by atoms with Crippen LogP contribution in [-0.4, -0.2) is 100 Å². The summed E-state index contributed by atoms with van der Waals surface area (Å²) in [6.07, 6.45) is -2.99. The lowest BCUT2D eigenvalue weighted by Crippen LogP contribution is -2.43. The molecule has 15 heteroatoms. The molecule has 42 heavy (non-hydrogen) atoms. The van der Waals surface area contributed by atoms with Gasteiger partial charge in [0.15, 0.2) is 0 Å². The van der Waals surface area contributed by atoms with Crippen molar-refractivity contribution < 1.29 is 46.4 Å². The molecule has 0 radical (unpaired) electrons. The Balaban J connectivity index is 1.82. The number of carbonyl (C=O) groups excluding carboxylic acids is 2. The lowest BCUT2D eigenvalue weighted by Gasteiger charge is -2.33. The van der Waals surface area contributed by atoms with Crippen molar-refractivity contribution in [3.8, 4) is 0 Å². The molecule has 0 aromatic carbocycles. The number of nitrogens with one attached hydrogen (secondary N) is 1. The molecular formula is C27H37F3N4O7S. The number of rotatable bonds is 17. The SMILES string of the molecule is COCCOCCOCCOCCN(Cc1c2c(nc3sc(C)c(N=CNC=O)c13)CC(C)(C)OC2)C(=O)C(F)(F)F. The van der Waals surface area contributed by atoms with Crippen LogP contribution in [-0.2, 0) is 52.8 Å². The smallest absolute Gasteiger partial charge is 0.382 e. The second-order valence-corrected chi connectivity index (χ2v) is 11.2. The maximum atomic E-state index is 13.7. The fourth-order valence-electron chi connectivity index (χ4n) is 4.37. The van der Waals surface area contributed by atoms with Gasteiger partial charge in [0, 0.05) is 42.4 Å². The predicted octanol–water partition coefficient (Wildman–Crippen LogP) is 3.45. The summed E-state index contributed by atoms with van der Waals surface area (Å²) in [5, 5.41) is 2.87. The molecule has 0 atom stereocenters. The van der Waals surface area contributed by atoms with Crippen molar-refractivity contribution in [2.45, 2.75) is 52.1 Å². The first-order valence-electron chi connectivity index (χ1n) is 13.4. The van der Waals surface area contributed by atoms with Crippen molar-refractivity contribution in [3.05, 3.63) is 21.7 Å². The third kappa shape index (κ3) is 9.41. The van der Waals surface area contributed by atoms with E-state index in [4.69, 9.17) is 28.7 Å². The van der Waals surface area contributed by atoms with Crippen LogP contribution < -0.4 is 5.32 Å². The second-order valence-electron chi connectivity index (χ2n) is 10.0. The number of hydrogen-bond acceptors (Lipinski definition) is 10. The molecule has 0 unspecified atom stereocenters. The fraction of sp³-hybridized carbons (Fsp3) is 0.630. The quantitative estimate of drug-likeness (QED) is 0.124. The molecule has 0 fully saturated rings. The maximum Gasteiger partial charge on any atom is 0.471 e. The number of carbonyl (C=O) groups is 2. The molecule has 0 saturated heterocycles. The molecule has 2 aromatic heterocycles. The summed E-state index contributed by atoms with van der Waals surface area (Å²) < 4.78 is 68.1. The van der Waals surface area contributed by atoms with E-state index < -0.39 is 17.7 Å². The van der Waals surface area contributed by atoms with Crippen molar-refractivity contribution in [3.63, 3.8) is 0 Å². The minimum atomic E-state index is -5.09. The van der Waals surface area contributed by atoms with E-state index in [0.29, 0.717) is 72.0 Å². The Hall–Kier alpha value is -2.69. The van der Waals surface area contributed by atoms with E-state index in [1.165, 1.54) is 17.7 Å². The van der Waals surface area contributed by atoms with E-state index in [9.17, 15) is 22.8 Å². The summed E-state index contributed by atoms with van der Waals surface area (Å²) in [6, 6.07) is 0. The number of aliphatic imine (C=N–C) groups is 1. The highest BCUT2D eigenvalue weighted by molar-refractivity contribution is 7.19. The van der Waals surface area contributed by atoms with Gasteiger partial charge in [-0.3, -0.25) is 9.59 Å². The second kappa shape index (κ2) is 15.7. The van der Waals surface area contributed by atoms with Gasteiger partial charge in [0.2, 0.25) is 6.41 Å². The molecule has 234 valence electrons. The average Bonchev–Trinajstić information content (AvgIpc) is 3.23. The number of fused-ring (bicyclic) bond motifs is 2. The van der Waals surface area contributed by atoms with Crippen LogP contribution >= 0.6 is 11.3 Å². The van der Waals surface area contributed by atoms with Gasteiger partial charge in [-0.05, 0) is 26.3 Å². The number of thiophene rings is 1. The largest absolute Gasteiger partial charge is 0.471 e. The van der Waals surface area contributed by atoms with E-state index in [2.05, 4.69) is 10.3 Å². The zero-order valence-corrected chi connectivity index (χ0v) is 25.0. The molecule has 2 amide bonds. The molecular weight excluding hydrogens is 581 g/mol. The Kier molecular flexibility index (Phi) is 12.6. The molecule has 0 aliphatic carbocycles. The van der Waals surface area contributed by atoms with Gasteiger partial charge in [0.25, 0.3) is 0 Å². The molecule has 0 spiro atoms. The number of amides is 2. The number of pyridine rings is 1. The number of alkyl halides is 3. The topological polar surface area (TPSA) is 121 Å². The molecule has 1 aliphatic heterocycles. The Morgan fingerprint density at radius 3 is 2.40 bits per heavy atom. The summed E-state index contributed by atoms with van der Waals surface area (Å²) in [7, 11) is 1.58. The van der Waals surface area contributed by atoms with E-state index in [1.807, 2.05) is 20.8 Å². The van der Waals surface area contributed by atoms with Crippen molar-refractivity contribution in [2.75, 3.05) is 59.9 Å². The Morgan fingerprint density at radius 2 is 1.79 bits per heavy atom. The van der Waals surface area contributed by atoms with Gasteiger partial charge in [-0.25, -0.2) is 9.98 Å². The van der Waals surface area contributed by atoms with Crippen molar-refractivity contribution in [1.29, 1.82) is 0 Å². The standard InChI is InChI=1S/C27H37F3N4O7S/c1-18-23(32-16-31-17-35)22-19(20-15-41-26(2,3)13-21(20)33-24(22)42-18)14-34(25(36)27(28,29)30)5-6-38-9-10-40-12-11-39-8-7-37-4/h16-17H,5-15H2,1-4H3,(H,31,32,35). The molecule has 3 rings (SSSR count). The van der Waals surface area contributed by atoms with Crippen LogP contribution in [0.5, 0.6) is 0 Å². The summed E-state index contributed by atoms with van der Waals surface area (Å²) >= 11 is 1.34. The number of ether oxygens (including phenoxy) is 5. The number of halogens is 3. The van der Waals surface area contributed by atoms with Crippen molar-refractivity contribution in [2.24, 2.45) is 4.99 Å². The van der Waals surface area contributed by atoms with E-state index >= 15 is 0 Å². The van der Waals surface area contributed by atoms with Gasteiger partial charge in [0.05, 0.1) is 76.2 Å². The lowest BCUT2D eigenvalue weighted by atomic mass is 9.92. The van der Waals surface area contributed by atoms with Gasteiger partial charge in [-0.2, -0.15) is 13.2 Å². The first kappa shape index (κ1) is 33.8. The highest BCUT2D eigenvalue weighted by Crippen LogP contribution is 2.43. The van der Waals surface area contributed by atoms with Gasteiger partial charge < -0.3 is 33.9 Å². The van der Waals surface area contributed by atoms with Crippen molar-refractivity contribution in [1.82, 2.24) is 15.2 Å². The Labute approximate surface area is 246 Å². The van der Waals surface area contributed by atoms with Gasteiger partial charge in [-0.15, -0.1) is 11.3 Å². The van der Waals surface area contributed by atoms with Gasteiger partial charge >= 0.3 is 12.1 Å². The predicted molar refractivity (Wildman–Crippen MR) is 150 cm³/mol. The van der Waals surface area contributed by atoms with Gasteiger partial charge in [-0.1, -0.05) is 0 Å². The summed E-state index contributed by atoms with van der Waals surface area (Å²) in [5.74, 6) is -1.98. The van der Waals surface area contributed by atoms with E-state index in [-0.39, 0.29) is 39.5 Å². The molecule has 1 N–H and O–H groups in total. The van der Waals surface area contributed by atoms with E-state index in [0.717, 1.165) is 9.78 Å². The van der Waals surface area contributed by atoms with Crippen LogP contribution in [0.25, 0.3) is 10.2 Å². The molecule has 2 aromatic rings. The maximum absolute atomic E-state index is 13.7. The number of aryl methyl sites for hydroxylation is 1. The lowest BCUT2D eigenvalue weighted by molar-refractivity contribution is -0.186. The van der Waals surface area contributed by atoms with Crippen LogP contribution in [0.1, 0.15) is 35.5 Å². The zero-order valence-electron chi connectivity index (χ0n) is 24.2. The van der Waals surface area contributed by atoms with Crippen molar-refractivity contribution >= 4 is 45.9 Å². The molecule has 11 nitrogen and oxygen atoms in total. The monoisotopic (exact) mass is 618 g/mol. The van der Waals surface area contributed by atoms with Gasteiger partial charge in [0.1, 0.15) is 4.83 Å². The zero-order chi connectivity index (χ0) is 30.8. The highest BCUT2D eigenvalue weighted by atomic mass is 32.1. The third-order valence-corrected chi connectivity index (χ3v) is 7.37. The van der Waals surface area contributed by atoms with Crippen LogP contribution in [0.4, 0.5) is 18.9 Å². The summed E-state index contributed by atoms with van der Waals surface area (Å²) in [6.45, 7) is 6.94. The normalized spacial score (nSPS) is 14.8. The fourth-order valence-corrected chi connectivity index (χ4v) is 5.39. The van der Waals surface area contributed by atoms with Crippen LogP contribution in [0.2, 0.25) is 0 Å². The summed E-state index contributed by atoms with van der Waals surface area (Å²) in [4.78, 5) is 34.5. The van der Waals surface area contributed by atoms with Crippen LogP contribution in [0.3, 0.4) is 0 Å². The average molecular weight is 619 g/mol. The molecule has 0 saturated carbocycles. The number of nitrogens with zero attached hydrogens (tertiary/aromatic N) is 3. The first-order chi connectivity index (χ1) is 20.0. The van der Waals surface area contributed by atoms with Crippen LogP contribution in [0, 0.1) is 6.92 Å². The minimum absolute atomic E-state index is 0.113. The Bertz CT molecular complexity index is 1240.